The Balaban J connectivity index is 3.21. The molecule has 0 aromatic rings. The Hall–Kier alpha value is -0.340. The fourth-order valence-electron chi connectivity index (χ4n) is 1.01. The van der Waals surface area contributed by atoms with Gasteiger partial charge in [-0.25, -0.2) is 0 Å². The van der Waals surface area contributed by atoms with E-state index >= 15 is 0 Å². The molecule has 0 spiro atoms. The molecule has 0 amide bonds. The zero-order valence-corrected chi connectivity index (χ0v) is 7.16. The maximum atomic E-state index is 9.25. The summed E-state index contributed by atoms with van der Waals surface area (Å²) in [5.74, 6) is 0. The molecule has 0 saturated carbocycles. The van der Waals surface area contributed by atoms with Gasteiger partial charge in [-0.3, -0.25) is 0 Å². The highest BCUT2D eigenvalue weighted by Gasteiger charge is 2.06. The van der Waals surface area contributed by atoms with E-state index in [9.17, 15) is 5.11 Å². The van der Waals surface area contributed by atoms with Gasteiger partial charge in [-0.15, -0.1) is 6.58 Å². The fraction of sp³-hybridized carbons (Fsp3) is 0.778. The number of hydrogen-bond acceptors (Lipinski definition) is 2. The van der Waals surface area contributed by atoms with E-state index in [-0.39, 0.29) is 6.10 Å². The number of rotatable bonds is 6. The van der Waals surface area contributed by atoms with Crippen molar-refractivity contribution in [2.75, 3.05) is 0 Å². The van der Waals surface area contributed by atoms with Crippen LogP contribution in [0.25, 0.3) is 0 Å². The topological polar surface area (TPSA) is 40.5 Å². The maximum absolute atomic E-state index is 9.25. The van der Waals surface area contributed by atoms with E-state index < -0.39 is 6.10 Å². The lowest BCUT2D eigenvalue weighted by Crippen LogP contribution is -2.14. The monoisotopic (exact) mass is 158 g/mol. The van der Waals surface area contributed by atoms with Gasteiger partial charge in [0.1, 0.15) is 0 Å². The first-order chi connectivity index (χ1) is 5.16. The minimum Gasteiger partial charge on any atom is -0.393 e. The molecule has 0 unspecified atom stereocenters. The van der Waals surface area contributed by atoms with Crippen LogP contribution >= 0.6 is 0 Å². The molecule has 2 atom stereocenters. The molecule has 2 heteroatoms. The van der Waals surface area contributed by atoms with Crippen molar-refractivity contribution in [1.82, 2.24) is 0 Å². The summed E-state index contributed by atoms with van der Waals surface area (Å²) in [4.78, 5) is 0. The van der Waals surface area contributed by atoms with Crippen molar-refractivity contribution < 1.29 is 10.2 Å². The van der Waals surface area contributed by atoms with Gasteiger partial charge in [0.2, 0.25) is 0 Å². The normalized spacial score (nSPS) is 15.9. The van der Waals surface area contributed by atoms with Crippen LogP contribution in [0.1, 0.15) is 32.6 Å². The largest absolute Gasteiger partial charge is 0.393 e. The molecule has 0 aromatic heterocycles. The molecule has 0 heterocycles. The quantitative estimate of drug-likeness (QED) is 0.454. The molecule has 0 rings (SSSR count). The van der Waals surface area contributed by atoms with E-state index in [2.05, 4.69) is 6.58 Å². The van der Waals surface area contributed by atoms with Crippen LogP contribution in [0.5, 0.6) is 0 Å². The highest BCUT2D eigenvalue weighted by Crippen LogP contribution is 2.06. The Morgan fingerprint density at radius 1 is 1.45 bits per heavy atom. The summed E-state index contributed by atoms with van der Waals surface area (Å²) in [6, 6.07) is 0. The Bertz CT molecular complexity index is 99.7. The number of allylic oxidation sites excluding steroid dienone is 1. The smallest absolute Gasteiger partial charge is 0.0564 e. The third-order valence-electron chi connectivity index (χ3n) is 1.56. The van der Waals surface area contributed by atoms with Crippen LogP contribution in [-0.4, -0.2) is 22.4 Å². The third kappa shape index (κ3) is 7.56. The van der Waals surface area contributed by atoms with Crippen molar-refractivity contribution >= 4 is 0 Å². The second-order valence-corrected chi connectivity index (χ2v) is 2.96. The molecule has 66 valence electrons. The highest BCUT2D eigenvalue weighted by atomic mass is 16.3. The first kappa shape index (κ1) is 10.7. The Kier molecular flexibility index (Phi) is 6.18. The molecule has 2 nitrogen and oxygen atoms in total. The van der Waals surface area contributed by atoms with Crippen LogP contribution < -0.4 is 0 Å². The zero-order valence-electron chi connectivity index (χ0n) is 7.16. The van der Waals surface area contributed by atoms with E-state index in [1.165, 1.54) is 0 Å². The summed E-state index contributed by atoms with van der Waals surface area (Å²) >= 11 is 0. The minimum absolute atomic E-state index is 0.352. The second-order valence-electron chi connectivity index (χ2n) is 2.96. The lowest BCUT2D eigenvalue weighted by Gasteiger charge is -2.10. The Morgan fingerprint density at radius 2 is 2.09 bits per heavy atom. The van der Waals surface area contributed by atoms with Crippen molar-refractivity contribution in [3.05, 3.63) is 12.7 Å². The molecule has 0 aliphatic carbocycles. The molecule has 0 fully saturated rings. The first-order valence-electron chi connectivity index (χ1n) is 4.13. The average Bonchev–Trinajstić information content (AvgIpc) is 1.86. The standard InChI is InChI=1S/C9H18O2/c1-3-4-5-6-9(11)7-8(2)10/h3,8-11H,1,4-7H2,2H3/t8-,9+/m1/s1. The highest BCUT2D eigenvalue weighted by molar-refractivity contribution is 4.68. The van der Waals surface area contributed by atoms with Gasteiger partial charge >= 0.3 is 0 Å². The lowest BCUT2D eigenvalue weighted by atomic mass is 10.1. The number of aliphatic hydroxyl groups excluding tert-OH is 2. The SMILES string of the molecule is C=CCCC[C@H](O)C[C@@H](C)O. The van der Waals surface area contributed by atoms with Crippen LogP contribution in [0.3, 0.4) is 0 Å². The van der Waals surface area contributed by atoms with Gasteiger partial charge in [0.25, 0.3) is 0 Å². The van der Waals surface area contributed by atoms with E-state index in [1.54, 1.807) is 6.92 Å². The zero-order chi connectivity index (χ0) is 8.69. The Labute approximate surface area is 68.6 Å². The van der Waals surface area contributed by atoms with E-state index in [0.717, 1.165) is 19.3 Å². The van der Waals surface area contributed by atoms with Crippen LogP contribution in [0.4, 0.5) is 0 Å². The van der Waals surface area contributed by atoms with Gasteiger partial charge in [0.15, 0.2) is 0 Å². The van der Waals surface area contributed by atoms with Gasteiger partial charge < -0.3 is 10.2 Å². The number of aliphatic hydroxyl groups is 2. The number of hydrogen-bond donors (Lipinski definition) is 2. The average molecular weight is 158 g/mol. The molecule has 0 aromatic carbocycles. The summed E-state index contributed by atoms with van der Waals surface area (Å²) in [5.41, 5.74) is 0. The van der Waals surface area contributed by atoms with Crippen LogP contribution in [0.2, 0.25) is 0 Å². The van der Waals surface area contributed by atoms with Gasteiger partial charge in [0.05, 0.1) is 12.2 Å². The molecule has 0 aliphatic heterocycles. The molecular formula is C9H18O2. The van der Waals surface area contributed by atoms with Crippen molar-refractivity contribution in [2.45, 2.75) is 44.8 Å². The number of unbranched alkanes of at least 4 members (excludes halogenated alkanes) is 1. The van der Waals surface area contributed by atoms with Crippen LogP contribution in [-0.2, 0) is 0 Å². The molecule has 0 aliphatic rings. The third-order valence-corrected chi connectivity index (χ3v) is 1.56. The summed E-state index contributed by atoms with van der Waals surface area (Å²) in [6.45, 7) is 5.28. The molecular weight excluding hydrogens is 140 g/mol. The molecule has 0 radical (unpaired) electrons. The van der Waals surface area contributed by atoms with E-state index in [4.69, 9.17) is 5.11 Å². The summed E-state index contributed by atoms with van der Waals surface area (Å²) in [6.07, 6.45) is 4.24. The van der Waals surface area contributed by atoms with Gasteiger partial charge in [-0.1, -0.05) is 6.08 Å². The summed E-state index contributed by atoms with van der Waals surface area (Å²) in [5, 5.41) is 18.2. The van der Waals surface area contributed by atoms with Crippen molar-refractivity contribution in [3.63, 3.8) is 0 Å². The predicted molar refractivity (Wildman–Crippen MR) is 46.4 cm³/mol. The van der Waals surface area contributed by atoms with Crippen LogP contribution in [0.15, 0.2) is 12.7 Å². The molecule has 0 bridgehead atoms. The summed E-state index contributed by atoms with van der Waals surface area (Å²) < 4.78 is 0. The van der Waals surface area contributed by atoms with Crippen molar-refractivity contribution in [3.8, 4) is 0 Å². The molecule has 2 N–H and O–H groups in total. The van der Waals surface area contributed by atoms with Gasteiger partial charge in [0, 0.05) is 0 Å². The lowest BCUT2D eigenvalue weighted by molar-refractivity contribution is 0.0841. The fourth-order valence-corrected chi connectivity index (χ4v) is 1.01. The summed E-state index contributed by atoms with van der Waals surface area (Å²) in [7, 11) is 0. The van der Waals surface area contributed by atoms with Gasteiger partial charge in [-0.2, -0.15) is 0 Å². The second kappa shape index (κ2) is 6.38. The predicted octanol–water partition coefficient (Wildman–Crippen LogP) is 1.47. The van der Waals surface area contributed by atoms with E-state index in [0.29, 0.717) is 6.42 Å². The van der Waals surface area contributed by atoms with Crippen molar-refractivity contribution in [2.24, 2.45) is 0 Å². The molecule has 0 saturated heterocycles. The first-order valence-corrected chi connectivity index (χ1v) is 4.13. The maximum Gasteiger partial charge on any atom is 0.0564 e. The van der Waals surface area contributed by atoms with Gasteiger partial charge in [-0.05, 0) is 32.6 Å². The molecule has 11 heavy (non-hydrogen) atoms. The van der Waals surface area contributed by atoms with E-state index in [1.807, 2.05) is 6.08 Å². The minimum atomic E-state index is -0.395. The van der Waals surface area contributed by atoms with Crippen LogP contribution in [0, 0.1) is 0 Å². The van der Waals surface area contributed by atoms with Crippen molar-refractivity contribution in [1.29, 1.82) is 0 Å². The Morgan fingerprint density at radius 3 is 2.55 bits per heavy atom.